The summed E-state index contributed by atoms with van der Waals surface area (Å²) in [4.78, 5) is 13.6. The first-order valence-corrected chi connectivity index (χ1v) is 6.46. The summed E-state index contributed by atoms with van der Waals surface area (Å²) in [6.07, 6.45) is -0.698. The van der Waals surface area contributed by atoms with Gasteiger partial charge >= 0.3 is 0 Å². The van der Waals surface area contributed by atoms with Gasteiger partial charge in [-0.2, -0.15) is 0 Å². The number of nitrogens with zero attached hydrogens (tertiary/aromatic N) is 1. The third kappa shape index (κ3) is 3.05. The fourth-order valence-corrected chi connectivity index (χ4v) is 2.44. The van der Waals surface area contributed by atoms with Crippen molar-refractivity contribution in [2.24, 2.45) is 0 Å². The number of hydrogen-bond acceptors (Lipinski definition) is 3. The van der Waals surface area contributed by atoms with E-state index in [-0.39, 0.29) is 29.0 Å². The maximum atomic E-state index is 13.6. The number of nitrogens with one attached hydrogen (secondary N) is 1. The van der Waals surface area contributed by atoms with Gasteiger partial charge in [0.05, 0.1) is 18.6 Å². The van der Waals surface area contributed by atoms with Crippen LogP contribution in [0.1, 0.15) is 5.56 Å². The van der Waals surface area contributed by atoms with E-state index in [1.165, 1.54) is 17.0 Å². The fraction of sp³-hybridized carbons (Fsp3) is 0.462. The van der Waals surface area contributed by atoms with Crippen molar-refractivity contribution in [3.63, 3.8) is 0 Å². The van der Waals surface area contributed by atoms with Crippen LogP contribution < -0.4 is 5.32 Å². The van der Waals surface area contributed by atoms with Crippen molar-refractivity contribution in [2.75, 3.05) is 20.1 Å². The average Bonchev–Trinajstić information content (AvgIpc) is 2.79. The molecule has 0 bridgehead atoms. The Balaban J connectivity index is 2.08. The van der Waals surface area contributed by atoms with E-state index in [4.69, 9.17) is 11.6 Å². The number of carbonyl (C=O) groups is 1. The number of aliphatic hydroxyl groups is 1. The number of hydrogen-bond donors (Lipinski definition) is 2. The Kier molecular flexibility index (Phi) is 4.39. The first kappa shape index (κ1) is 14.2. The van der Waals surface area contributed by atoms with Crippen LogP contribution in [0.5, 0.6) is 0 Å². The minimum Gasteiger partial charge on any atom is -0.390 e. The minimum absolute atomic E-state index is 0.106. The zero-order valence-corrected chi connectivity index (χ0v) is 11.3. The van der Waals surface area contributed by atoms with Crippen molar-refractivity contribution in [1.82, 2.24) is 10.2 Å². The van der Waals surface area contributed by atoms with Gasteiger partial charge in [-0.25, -0.2) is 4.39 Å². The average molecular weight is 287 g/mol. The lowest BCUT2D eigenvalue weighted by atomic mass is 10.1. The van der Waals surface area contributed by atoms with Crippen molar-refractivity contribution >= 4 is 17.5 Å². The zero-order chi connectivity index (χ0) is 14.0. The van der Waals surface area contributed by atoms with Gasteiger partial charge in [-0.15, -0.1) is 0 Å². The van der Waals surface area contributed by atoms with Gasteiger partial charge < -0.3 is 15.3 Å². The lowest BCUT2D eigenvalue weighted by Crippen LogP contribution is -2.44. The van der Waals surface area contributed by atoms with Crippen LogP contribution in [-0.2, 0) is 11.2 Å². The molecule has 1 aliphatic rings. The van der Waals surface area contributed by atoms with Gasteiger partial charge in [-0.1, -0.05) is 17.7 Å². The molecule has 4 nitrogen and oxygen atoms in total. The van der Waals surface area contributed by atoms with Crippen LogP contribution in [0.15, 0.2) is 18.2 Å². The molecule has 2 N–H and O–H groups in total. The fourth-order valence-electron chi connectivity index (χ4n) is 2.21. The molecule has 0 radical (unpaired) electrons. The van der Waals surface area contributed by atoms with E-state index in [0.29, 0.717) is 13.1 Å². The van der Waals surface area contributed by atoms with Crippen molar-refractivity contribution in [3.8, 4) is 0 Å². The second-order valence-electron chi connectivity index (χ2n) is 4.67. The van der Waals surface area contributed by atoms with Gasteiger partial charge in [0.25, 0.3) is 0 Å². The Morgan fingerprint density at radius 2 is 2.32 bits per heavy atom. The van der Waals surface area contributed by atoms with Crippen molar-refractivity contribution < 1.29 is 14.3 Å². The van der Waals surface area contributed by atoms with Gasteiger partial charge in [0, 0.05) is 30.7 Å². The molecule has 2 atom stereocenters. The van der Waals surface area contributed by atoms with E-state index in [0.717, 1.165) is 0 Å². The molecule has 104 valence electrons. The van der Waals surface area contributed by atoms with E-state index in [9.17, 15) is 14.3 Å². The zero-order valence-electron chi connectivity index (χ0n) is 10.6. The highest BCUT2D eigenvalue weighted by molar-refractivity contribution is 6.31. The van der Waals surface area contributed by atoms with Gasteiger partial charge in [0.15, 0.2) is 0 Å². The first-order chi connectivity index (χ1) is 9.00. The molecule has 1 saturated heterocycles. The van der Waals surface area contributed by atoms with Crippen LogP contribution in [-0.4, -0.2) is 48.2 Å². The molecular weight excluding hydrogens is 271 g/mol. The highest BCUT2D eigenvalue weighted by Gasteiger charge is 2.31. The van der Waals surface area contributed by atoms with Gasteiger partial charge in [0.2, 0.25) is 5.91 Å². The smallest absolute Gasteiger partial charge is 0.227 e. The Bertz CT molecular complexity index is 463. The molecule has 0 spiro atoms. The number of benzene rings is 1. The summed E-state index contributed by atoms with van der Waals surface area (Å²) < 4.78 is 13.6. The topological polar surface area (TPSA) is 52.6 Å². The number of rotatable bonds is 3. The largest absolute Gasteiger partial charge is 0.390 e. The summed E-state index contributed by atoms with van der Waals surface area (Å²) in [5.74, 6) is -0.751. The summed E-state index contributed by atoms with van der Waals surface area (Å²) >= 11 is 5.89. The molecule has 6 heteroatoms. The number of halogens is 2. The number of carbonyl (C=O) groups excluding carboxylic acids is 1. The monoisotopic (exact) mass is 286 g/mol. The van der Waals surface area contributed by atoms with Crippen molar-refractivity contribution in [3.05, 3.63) is 34.6 Å². The molecule has 1 heterocycles. The SMILES string of the molecule is CN(C(=O)Cc1c(F)cccc1Cl)[C@H]1CNC[C@@H]1O. The van der Waals surface area contributed by atoms with Crippen LogP contribution in [0, 0.1) is 5.82 Å². The normalized spacial score (nSPS) is 22.5. The molecule has 0 unspecified atom stereocenters. The van der Waals surface area contributed by atoms with E-state index >= 15 is 0 Å². The summed E-state index contributed by atoms with van der Waals surface area (Å²) in [6, 6.07) is 4.05. The number of likely N-dealkylation sites (N-methyl/N-ethyl adjacent to an activating group) is 1. The Labute approximate surface area is 116 Å². The van der Waals surface area contributed by atoms with Crippen molar-refractivity contribution in [2.45, 2.75) is 18.6 Å². The third-order valence-electron chi connectivity index (χ3n) is 3.43. The second kappa shape index (κ2) is 5.86. The van der Waals surface area contributed by atoms with E-state index < -0.39 is 11.9 Å². The molecule has 1 amide bonds. The van der Waals surface area contributed by atoms with Crippen LogP contribution >= 0.6 is 11.6 Å². The Morgan fingerprint density at radius 1 is 1.58 bits per heavy atom. The molecule has 0 aromatic heterocycles. The lowest BCUT2D eigenvalue weighted by molar-refractivity contribution is -0.132. The van der Waals surface area contributed by atoms with Crippen LogP contribution in [0.25, 0.3) is 0 Å². The highest BCUT2D eigenvalue weighted by atomic mass is 35.5. The molecule has 1 aromatic rings. The second-order valence-corrected chi connectivity index (χ2v) is 5.08. The molecule has 0 saturated carbocycles. The van der Waals surface area contributed by atoms with Gasteiger partial charge in [-0.05, 0) is 12.1 Å². The van der Waals surface area contributed by atoms with Crippen molar-refractivity contribution in [1.29, 1.82) is 0 Å². The molecule has 2 rings (SSSR count). The number of β-amino-alcohol motifs (C(OH)–C–C–N with tert-alkyl or cyclic N) is 1. The molecular formula is C13H16ClFN2O2. The maximum Gasteiger partial charge on any atom is 0.227 e. The molecule has 1 fully saturated rings. The predicted molar refractivity (Wildman–Crippen MR) is 70.5 cm³/mol. The quantitative estimate of drug-likeness (QED) is 0.865. The van der Waals surface area contributed by atoms with Crippen LogP contribution in [0.4, 0.5) is 4.39 Å². The summed E-state index contributed by atoms with van der Waals surface area (Å²) in [7, 11) is 1.61. The summed E-state index contributed by atoms with van der Waals surface area (Å²) in [5, 5.41) is 13.0. The molecule has 0 aliphatic carbocycles. The van der Waals surface area contributed by atoms with Crippen LogP contribution in [0.2, 0.25) is 5.02 Å². The third-order valence-corrected chi connectivity index (χ3v) is 3.79. The first-order valence-electron chi connectivity index (χ1n) is 6.08. The molecule has 1 aromatic carbocycles. The van der Waals surface area contributed by atoms with E-state index in [2.05, 4.69) is 5.32 Å². The highest BCUT2D eigenvalue weighted by Crippen LogP contribution is 2.20. The van der Waals surface area contributed by atoms with Gasteiger partial charge in [-0.3, -0.25) is 4.79 Å². The molecule has 1 aliphatic heterocycles. The van der Waals surface area contributed by atoms with Gasteiger partial charge in [0.1, 0.15) is 5.82 Å². The van der Waals surface area contributed by atoms with E-state index in [1.807, 2.05) is 0 Å². The Hall–Kier alpha value is -1.17. The van der Waals surface area contributed by atoms with Crippen LogP contribution in [0.3, 0.4) is 0 Å². The molecule has 19 heavy (non-hydrogen) atoms. The lowest BCUT2D eigenvalue weighted by Gasteiger charge is -2.26. The Morgan fingerprint density at radius 3 is 2.89 bits per heavy atom. The summed E-state index contributed by atoms with van der Waals surface area (Å²) in [6.45, 7) is 0.997. The maximum absolute atomic E-state index is 13.6. The predicted octanol–water partition coefficient (Wildman–Crippen LogP) is 0.813. The minimum atomic E-state index is -0.593. The van der Waals surface area contributed by atoms with E-state index in [1.54, 1.807) is 13.1 Å². The number of amides is 1. The number of aliphatic hydroxyl groups excluding tert-OH is 1. The summed E-state index contributed by atoms with van der Waals surface area (Å²) in [5.41, 5.74) is 0.196. The standard InChI is InChI=1S/C13H16ClFN2O2/c1-17(11-6-16-7-12(11)18)13(19)5-8-9(14)3-2-4-10(8)15/h2-4,11-12,16,18H,5-7H2,1H3/t11-,12-/m0/s1.